The molecule has 11 rings (SSSR count). The third kappa shape index (κ3) is 7.01. The van der Waals surface area contributed by atoms with Crippen LogP contribution in [0.1, 0.15) is 0 Å². The van der Waals surface area contributed by atoms with Crippen LogP contribution in [0.3, 0.4) is 0 Å². The molecule has 0 aliphatic carbocycles. The smallest absolute Gasteiger partial charge is 0.0546 e. The fraction of sp³-hybridized carbons (Fsp3) is 0. The second-order valence-corrected chi connectivity index (χ2v) is 16.5. The van der Waals surface area contributed by atoms with E-state index in [1.165, 1.54) is 58.8 Å². The van der Waals surface area contributed by atoms with Crippen LogP contribution in [0.2, 0.25) is 0 Å². The lowest BCUT2D eigenvalue weighted by Gasteiger charge is -2.29. The molecule has 0 N–H and O–H groups in total. The molecule has 61 heavy (non-hydrogen) atoms. The van der Waals surface area contributed by atoms with Gasteiger partial charge in [0.05, 0.1) is 5.69 Å². The normalized spacial score (nSPS) is 11.3. The molecule has 0 atom stereocenters. The molecule has 288 valence electrons. The third-order valence-electron chi connectivity index (χ3n) is 11.6. The quantitative estimate of drug-likeness (QED) is 0.144. The van der Waals surface area contributed by atoms with Crippen molar-refractivity contribution < 1.29 is 0 Å². The summed E-state index contributed by atoms with van der Waals surface area (Å²) in [6.45, 7) is 0. The first kappa shape index (κ1) is 36.4. The molecule has 1 heterocycles. The first-order valence-electron chi connectivity index (χ1n) is 20.7. The Kier molecular flexibility index (Phi) is 9.42. The van der Waals surface area contributed by atoms with Gasteiger partial charge in [-0.2, -0.15) is 0 Å². The Bertz CT molecular complexity index is 3260. The van der Waals surface area contributed by atoms with Crippen molar-refractivity contribution in [2.75, 3.05) is 9.80 Å². The molecule has 0 aliphatic rings. The fourth-order valence-electron chi connectivity index (χ4n) is 8.65. The van der Waals surface area contributed by atoms with Crippen LogP contribution in [0.4, 0.5) is 34.1 Å². The van der Waals surface area contributed by atoms with Crippen LogP contribution < -0.4 is 9.80 Å². The molecule has 0 fully saturated rings. The van der Waals surface area contributed by atoms with Crippen LogP contribution in [0.15, 0.2) is 243 Å². The molecule has 0 saturated heterocycles. The first-order valence-corrected chi connectivity index (χ1v) is 21.6. The molecule has 2 nitrogen and oxygen atoms in total. The molecule has 0 saturated carbocycles. The Hall–Kier alpha value is -7.72. The van der Waals surface area contributed by atoms with Gasteiger partial charge in [0.25, 0.3) is 0 Å². The van der Waals surface area contributed by atoms with Crippen LogP contribution in [0.25, 0.3) is 64.3 Å². The van der Waals surface area contributed by atoms with Crippen LogP contribution in [0, 0.1) is 0 Å². The number of para-hydroxylation sites is 2. The number of thiophene rings is 1. The van der Waals surface area contributed by atoms with Gasteiger partial charge in [0.15, 0.2) is 0 Å². The summed E-state index contributed by atoms with van der Waals surface area (Å²) in [5, 5.41) is 5.02. The summed E-state index contributed by atoms with van der Waals surface area (Å²) in [7, 11) is 0. The Morgan fingerprint density at radius 1 is 0.262 bits per heavy atom. The summed E-state index contributed by atoms with van der Waals surface area (Å²) in [5.41, 5.74) is 13.8. The van der Waals surface area contributed by atoms with Gasteiger partial charge in [-0.25, -0.2) is 0 Å². The van der Waals surface area contributed by atoms with Gasteiger partial charge < -0.3 is 9.80 Å². The largest absolute Gasteiger partial charge is 0.310 e. The van der Waals surface area contributed by atoms with E-state index in [1.807, 2.05) is 11.3 Å². The Morgan fingerprint density at radius 2 is 0.738 bits per heavy atom. The van der Waals surface area contributed by atoms with Gasteiger partial charge in [0.1, 0.15) is 0 Å². The third-order valence-corrected chi connectivity index (χ3v) is 12.7. The van der Waals surface area contributed by atoms with E-state index in [-0.39, 0.29) is 0 Å². The molecule has 11 aromatic rings. The minimum atomic E-state index is 1.10. The number of rotatable bonds is 9. The summed E-state index contributed by atoms with van der Waals surface area (Å²) in [6, 6.07) is 87.9. The molecule has 3 heteroatoms. The molecule has 0 amide bonds. The van der Waals surface area contributed by atoms with E-state index < -0.39 is 0 Å². The summed E-state index contributed by atoms with van der Waals surface area (Å²) < 4.78 is 2.58. The monoisotopic (exact) mass is 796 g/mol. The van der Waals surface area contributed by atoms with Gasteiger partial charge in [-0.15, -0.1) is 11.3 Å². The van der Waals surface area contributed by atoms with E-state index in [9.17, 15) is 0 Å². The van der Waals surface area contributed by atoms with Crippen molar-refractivity contribution in [2.24, 2.45) is 0 Å². The predicted octanol–water partition coefficient (Wildman–Crippen LogP) is 17.1. The van der Waals surface area contributed by atoms with Crippen molar-refractivity contribution in [3.05, 3.63) is 243 Å². The summed E-state index contributed by atoms with van der Waals surface area (Å²) in [5.74, 6) is 0. The summed E-state index contributed by atoms with van der Waals surface area (Å²) >= 11 is 1.86. The highest BCUT2D eigenvalue weighted by Crippen LogP contribution is 2.46. The van der Waals surface area contributed by atoms with Crippen LogP contribution in [-0.2, 0) is 0 Å². The van der Waals surface area contributed by atoms with Crippen molar-refractivity contribution in [3.63, 3.8) is 0 Å². The lowest BCUT2D eigenvalue weighted by atomic mass is 9.96. The molecule has 0 radical (unpaired) electrons. The van der Waals surface area contributed by atoms with Gasteiger partial charge in [-0.3, -0.25) is 0 Å². The average molecular weight is 797 g/mol. The minimum Gasteiger partial charge on any atom is -0.310 e. The Balaban J connectivity index is 1.01. The highest BCUT2D eigenvalue weighted by atomic mass is 32.1. The second kappa shape index (κ2) is 15.8. The van der Waals surface area contributed by atoms with Gasteiger partial charge in [-0.1, -0.05) is 164 Å². The fourth-order valence-corrected chi connectivity index (χ4v) is 9.79. The summed E-state index contributed by atoms with van der Waals surface area (Å²) in [4.78, 5) is 4.76. The van der Waals surface area contributed by atoms with Crippen molar-refractivity contribution in [3.8, 4) is 33.4 Å². The van der Waals surface area contributed by atoms with E-state index in [2.05, 4.69) is 252 Å². The highest BCUT2D eigenvalue weighted by Gasteiger charge is 2.21. The Morgan fingerprint density at radius 3 is 1.38 bits per heavy atom. The molecule has 0 unspecified atom stereocenters. The predicted molar refractivity (Wildman–Crippen MR) is 263 cm³/mol. The molecule has 0 aliphatic heterocycles. The SMILES string of the molecule is c1ccc(-c2cc3ccccc3cc2N(c2cccc(-c3ccc(-c4cccc(N(c5ccccc5)c5ccccc5)c4)cc3)c2)c2ccc3c(c2)sc2ccccc23)cc1. The maximum atomic E-state index is 2.45. The van der Waals surface area contributed by atoms with Crippen LogP contribution in [-0.4, -0.2) is 0 Å². The van der Waals surface area contributed by atoms with Crippen molar-refractivity contribution in [1.82, 2.24) is 0 Å². The lowest BCUT2D eigenvalue weighted by Crippen LogP contribution is -2.11. The zero-order valence-corrected chi connectivity index (χ0v) is 34.2. The van der Waals surface area contributed by atoms with Gasteiger partial charge >= 0.3 is 0 Å². The second-order valence-electron chi connectivity index (χ2n) is 15.4. The average Bonchev–Trinajstić information content (AvgIpc) is 3.71. The molecular formula is C58H40N2S. The molecule has 10 aromatic carbocycles. The van der Waals surface area contributed by atoms with E-state index in [1.54, 1.807) is 0 Å². The van der Waals surface area contributed by atoms with Gasteiger partial charge in [0.2, 0.25) is 0 Å². The van der Waals surface area contributed by atoms with E-state index in [0.29, 0.717) is 0 Å². The maximum Gasteiger partial charge on any atom is 0.0546 e. The number of fused-ring (bicyclic) bond motifs is 4. The minimum absolute atomic E-state index is 1.10. The summed E-state index contributed by atoms with van der Waals surface area (Å²) in [6.07, 6.45) is 0. The number of anilines is 6. The topological polar surface area (TPSA) is 6.48 Å². The number of hydrogen-bond acceptors (Lipinski definition) is 3. The van der Waals surface area contributed by atoms with Crippen molar-refractivity contribution >= 4 is 76.4 Å². The van der Waals surface area contributed by atoms with Crippen molar-refractivity contribution in [2.45, 2.75) is 0 Å². The highest BCUT2D eigenvalue weighted by molar-refractivity contribution is 7.25. The zero-order valence-electron chi connectivity index (χ0n) is 33.4. The van der Waals surface area contributed by atoms with Crippen LogP contribution >= 0.6 is 11.3 Å². The Labute approximate surface area is 360 Å². The zero-order chi connectivity index (χ0) is 40.5. The van der Waals surface area contributed by atoms with E-state index >= 15 is 0 Å². The molecule has 0 bridgehead atoms. The van der Waals surface area contributed by atoms with Gasteiger partial charge in [0, 0.05) is 54.2 Å². The van der Waals surface area contributed by atoms with E-state index in [4.69, 9.17) is 0 Å². The van der Waals surface area contributed by atoms with Gasteiger partial charge in [-0.05, 0) is 117 Å². The maximum absolute atomic E-state index is 2.45. The van der Waals surface area contributed by atoms with E-state index in [0.717, 1.165) is 39.7 Å². The molecule has 0 spiro atoms. The first-order chi connectivity index (χ1) is 30.2. The molecular weight excluding hydrogens is 757 g/mol. The van der Waals surface area contributed by atoms with Crippen molar-refractivity contribution in [1.29, 1.82) is 0 Å². The molecule has 1 aromatic heterocycles. The van der Waals surface area contributed by atoms with Crippen LogP contribution in [0.5, 0.6) is 0 Å². The standard InChI is InChI=1S/C58H40N2S/c1-4-16-43(17-5-1)55-38-46-18-10-11-19-47(46)39-56(55)60(52-34-35-54-53-28-12-13-29-57(53)61-58(54)40-52)51-27-15-21-45(37-51)42-32-30-41(31-33-42)44-20-14-26-50(36-44)59(48-22-6-2-7-23-48)49-24-8-3-9-25-49/h1-40H. The number of nitrogens with zero attached hydrogens (tertiary/aromatic N) is 2. The number of benzene rings is 10. The number of hydrogen-bond donors (Lipinski definition) is 0. The lowest BCUT2D eigenvalue weighted by molar-refractivity contribution is 1.28.